The first kappa shape index (κ1) is 18.4. The number of hydrogen-bond donors (Lipinski definition) is 0. The lowest BCUT2D eigenvalue weighted by Gasteiger charge is -2.46. The van der Waals surface area contributed by atoms with Gasteiger partial charge >= 0.3 is 0 Å². The molecule has 1 aromatic rings. The summed E-state index contributed by atoms with van der Waals surface area (Å²) in [5.41, 5.74) is 5.33. The minimum atomic E-state index is 0.942. The fraction of sp³-hybridized carbons (Fsp3) is 0.391. The summed E-state index contributed by atoms with van der Waals surface area (Å²) >= 11 is 0. The van der Waals surface area contributed by atoms with Crippen LogP contribution in [0.3, 0.4) is 0 Å². The summed E-state index contributed by atoms with van der Waals surface area (Å²) in [6.45, 7) is 12.2. The van der Waals surface area contributed by atoms with E-state index in [0.717, 1.165) is 26.2 Å². The van der Waals surface area contributed by atoms with Crippen LogP contribution in [0.2, 0.25) is 0 Å². The van der Waals surface area contributed by atoms with Crippen molar-refractivity contribution in [3.63, 3.8) is 0 Å². The van der Waals surface area contributed by atoms with Gasteiger partial charge in [-0.2, -0.15) is 0 Å². The molecule has 26 heavy (non-hydrogen) atoms. The van der Waals surface area contributed by atoms with Gasteiger partial charge in [0.05, 0.1) is 5.70 Å². The normalized spacial score (nSPS) is 18.6. The maximum absolute atomic E-state index is 3.77. The van der Waals surface area contributed by atoms with E-state index in [-0.39, 0.29) is 0 Å². The molecule has 0 unspecified atom stereocenters. The predicted molar refractivity (Wildman–Crippen MR) is 112 cm³/mol. The predicted octanol–water partition coefficient (Wildman–Crippen LogP) is 4.70. The molecule has 138 valence electrons. The van der Waals surface area contributed by atoms with Crippen molar-refractivity contribution in [1.82, 2.24) is 9.80 Å². The Morgan fingerprint density at radius 2 is 1.92 bits per heavy atom. The highest BCUT2D eigenvalue weighted by molar-refractivity contribution is 5.54. The monoisotopic (exact) mass is 349 g/mol. The average molecular weight is 350 g/mol. The first-order chi connectivity index (χ1) is 12.6. The number of anilines is 1. The largest absolute Gasteiger partial charge is 0.373 e. The Hall–Kier alpha value is -2.42. The van der Waals surface area contributed by atoms with Crippen LogP contribution >= 0.6 is 0 Å². The summed E-state index contributed by atoms with van der Waals surface area (Å²) in [7, 11) is 2.23. The van der Waals surface area contributed by atoms with E-state index in [4.69, 9.17) is 0 Å². The summed E-state index contributed by atoms with van der Waals surface area (Å²) in [5.74, 6) is 1.39. The molecule has 0 fully saturated rings. The minimum absolute atomic E-state index is 0.942. The maximum atomic E-state index is 3.77. The summed E-state index contributed by atoms with van der Waals surface area (Å²) in [6, 6.07) is 8.94. The fourth-order valence-electron chi connectivity index (χ4n) is 3.77. The van der Waals surface area contributed by atoms with Gasteiger partial charge in [0.25, 0.3) is 0 Å². The lowest BCUT2D eigenvalue weighted by atomic mass is 10.1. The second kappa shape index (κ2) is 8.31. The van der Waals surface area contributed by atoms with E-state index in [9.17, 15) is 0 Å². The van der Waals surface area contributed by atoms with Gasteiger partial charge < -0.3 is 14.7 Å². The molecule has 3 heteroatoms. The summed E-state index contributed by atoms with van der Waals surface area (Å²) < 4.78 is 0. The second-order valence-corrected chi connectivity index (χ2v) is 7.28. The van der Waals surface area contributed by atoms with E-state index in [2.05, 4.69) is 78.6 Å². The Balaban J connectivity index is 1.88. The first-order valence-corrected chi connectivity index (χ1v) is 9.59. The van der Waals surface area contributed by atoms with E-state index in [1.165, 1.54) is 41.2 Å². The van der Waals surface area contributed by atoms with Crippen LogP contribution in [-0.2, 0) is 0 Å². The van der Waals surface area contributed by atoms with Gasteiger partial charge in [0.15, 0.2) is 0 Å². The highest BCUT2D eigenvalue weighted by Crippen LogP contribution is 2.33. The molecule has 2 aliphatic heterocycles. The van der Waals surface area contributed by atoms with E-state index < -0.39 is 0 Å². The Labute approximate surface area is 158 Å². The number of likely N-dealkylation sites (N-methyl/N-ethyl adjacent to an activating group) is 1. The van der Waals surface area contributed by atoms with Gasteiger partial charge in [-0.05, 0) is 38.8 Å². The van der Waals surface area contributed by atoms with E-state index in [0.29, 0.717) is 0 Å². The number of rotatable bonds is 5. The summed E-state index contributed by atoms with van der Waals surface area (Å²) in [6.07, 6.45) is 10.7. The molecule has 2 aliphatic rings. The van der Waals surface area contributed by atoms with Crippen LogP contribution in [0, 0.1) is 6.92 Å². The van der Waals surface area contributed by atoms with Crippen LogP contribution in [-0.4, -0.2) is 43.0 Å². The molecule has 0 aromatic heterocycles. The molecule has 0 bridgehead atoms. The first-order valence-electron chi connectivity index (χ1n) is 9.59. The van der Waals surface area contributed by atoms with Crippen LogP contribution in [0.1, 0.15) is 25.3 Å². The second-order valence-electron chi connectivity index (χ2n) is 7.28. The molecule has 0 N–H and O–H groups in total. The molecule has 0 saturated carbocycles. The Bertz CT molecular complexity index is 724. The molecule has 3 rings (SSSR count). The van der Waals surface area contributed by atoms with Crippen LogP contribution in [0.5, 0.6) is 0 Å². The molecule has 0 aliphatic carbocycles. The summed E-state index contributed by atoms with van der Waals surface area (Å²) in [4.78, 5) is 7.49. The topological polar surface area (TPSA) is 9.72 Å². The molecular weight excluding hydrogens is 318 g/mol. The van der Waals surface area contributed by atoms with Crippen molar-refractivity contribution >= 4 is 5.69 Å². The number of hydrogen-bond acceptors (Lipinski definition) is 3. The van der Waals surface area contributed by atoms with Crippen LogP contribution < -0.4 is 4.90 Å². The van der Waals surface area contributed by atoms with Crippen LogP contribution in [0.15, 0.2) is 72.2 Å². The van der Waals surface area contributed by atoms with Crippen molar-refractivity contribution in [2.24, 2.45) is 0 Å². The quantitative estimate of drug-likeness (QED) is 0.714. The van der Waals surface area contributed by atoms with Gasteiger partial charge in [0.1, 0.15) is 5.82 Å². The van der Waals surface area contributed by atoms with Crippen molar-refractivity contribution in [2.75, 3.05) is 38.1 Å². The molecule has 0 amide bonds. The molecule has 0 spiro atoms. The molecular formula is C23H31N3. The third-order valence-corrected chi connectivity index (χ3v) is 5.21. The third-order valence-electron chi connectivity index (χ3n) is 5.21. The lowest BCUT2D eigenvalue weighted by molar-refractivity contribution is 0.236. The molecule has 0 atom stereocenters. The van der Waals surface area contributed by atoms with E-state index >= 15 is 0 Å². The standard InChI is InChI=1S/C23H31N3/c1-5-8-19(2)9-6-15-25-18-17-24(4)22-10-7-16-26(23(22)25)21-13-11-20(3)12-14-21/h5-6,8-9,11-14H,1,7,10,15-18H2,2-4H3/b9-6-,19-8-. The van der Waals surface area contributed by atoms with Crippen molar-refractivity contribution in [3.8, 4) is 0 Å². The van der Waals surface area contributed by atoms with Crippen molar-refractivity contribution in [1.29, 1.82) is 0 Å². The molecule has 0 radical (unpaired) electrons. The zero-order chi connectivity index (χ0) is 18.5. The number of nitrogens with zero attached hydrogens (tertiary/aromatic N) is 3. The van der Waals surface area contributed by atoms with Crippen molar-refractivity contribution < 1.29 is 0 Å². The van der Waals surface area contributed by atoms with E-state index in [1.807, 2.05) is 12.2 Å². The van der Waals surface area contributed by atoms with Crippen molar-refractivity contribution in [3.05, 3.63) is 77.8 Å². The lowest BCUT2D eigenvalue weighted by Crippen LogP contribution is -2.48. The van der Waals surface area contributed by atoms with Gasteiger partial charge in [0, 0.05) is 38.9 Å². The van der Waals surface area contributed by atoms with Gasteiger partial charge in [-0.3, -0.25) is 0 Å². The number of aryl methyl sites for hydroxylation is 1. The molecule has 3 nitrogen and oxygen atoms in total. The average Bonchev–Trinajstić information content (AvgIpc) is 2.64. The van der Waals surface area contributed by atoms with Crippen LogP contribution in [0.25, 0.3) is 0 Å². The zero-order valence-corrected chi connectivity index (χ0v) is 16.4. The molecule has 0 saturated heterocycles. The van der Waals surface area contributed by atoms with Gasteiger partial charge in [-0.15, -0.1) is 0 Å². The molecule has 1 aromatic carbocycles. The Kier molecular flexibility index (Phi) is 5.87. The number of allylic oxidation sites excluding steroid dienone is 5. The van der Waals surface area contributed by atoms with Crippen LogP contribution in [0.4, 0.5) is 5.69 Å². The van der Waals surface area contributed by atoms with E-state index in [1.54, 1.807) is 0 Å². The Morgan fingerprint density at radius 1 is 1.15 bits per heavy atom. The molecule has 2 heterocycles. The van der Waals surface area contributed by atoms with Gasteiger partial charge in [0.2, 0.25) is 0 Å². The SMILES string of the molecule is C=C/C=C(C)\C=C/CN1CCN(C)C2=C1N(c1ccc(C)cc1)CCC2. The van der Waals surface area contributed by atoms with Gasteiger partial charge in [-0.1, -0.05) is 54.2 Å². The highest BCUT2D eigenvalue weighted by Gasteiger charge is 2.30. The Morgan fingerprint density at radius 3 is 2.65 bits per heavy atom. The maximum Gasteiger partial charge on any atom is 0.129 e. The van der Waals surface area contributed by atoms with Crippen molar-refractivity contribution in [2.45, 2.75) is 26.7 Å². The smallest absolute Gasteiger partial charge is 0.129 e. The highest BCUT2D eigenvalue weighted by atomic mass is 15.4. The number of benzene rings is 1. The zero-order valence-electron chi connectivity index (χ0n) is 16.4. The fourth-order valence-corrected chi connectivity index (χ4v) is 3.77. The van der Waals surface area contributed by atoms with Gasteiger partial charge in [-0.25, -0.2) is 0 Å². The third kappa shape index (κ3) is 4.04. The summed E-state index contributed by atoms with van der Waals surface area (Å²) in [5, 5.41) is 0. The minimum Gasteiger partial charge on any atom is -0.373 e.